The number of carbonyl (C=O) groups excluding carboxylic acids is 1. The molecule has 0 aliphatic carbocycles. The number of hydrogen-bond acceptors (Lipinski definition) is 5. The number of nitrogens with two attached hydrogens (primary N) is 1. The number of hydrazine groups is 1. The van der Waals surface area contributed by atoms with Gasteiger partial charge in [-0.2, -0.15) is 0 Å². The Bertz CT molecular complexity index is 559. The minimum Gasteiger partial charge on any atom is -0.483 e. The van der Waals surface area contributed by atoms with Crippen LogP contribution < -0.4 is 16.0 Å². The molecular weight excluding hydrogens is 257 g/mol. The summed E-state index contributed by atoms with van der Waals surface area (Å²) < 4.78 is 18.5. The normalized spacial score (nSPS) is 10.1. The number of para-hydroxylation sites is 1. The van der Waals surface area contributed by atoms with Gasteiger partial charge in [-0.15, -0.1) is 11.3 Å². The number of nitrogens with one attached hydrogen (secondary N) is 1. The fourth-order valence-electron chi connectivity index (χ4n) is 1.25. The zero-order chi connectivity index (χ0) is 13.0. The number of hydrogen-bond donors (Lipinski definition) is 2. The number of benzene rings is 1. The average molecular weight is 267 g/mol. The van der Waals surface area contributed by atoms with Crippen LogP contribution >= 0.6 is 11.3 Å². The van der Waals surface area contributed by atoms with Gasteiger partial charge in [-0.05, 0) is 12.1 Å². The third-order valence-corrected chi connectivity index (χ3v) is 3.07. The van der Waals surface area contributed by atoms with Crippen LogP contribution in [0, 0.1) is 5.82 Å². The van der Waals surface area contributed by atoms with Crippen LogP contribution in [0.1, 0.15) is 14.7 Å². The third kappa shape index (κ3) is 2.82. The molecule has 0 bridgehead atoms. The van der Waals surface area contributed by atoms with Gasteiger partial charge in [0.25, 0.3) is 5.91 Å². The largest absolute Gasteiger partial charge is 0.483 e. The van der Waals surface area contributed by atoms with Gasteiger partial charge in [0.15, 0.2) is 11.6 Å². The Hall–Kier alpha value is -1.99. The Morgan fingerprint density at radius 3 is 3.00 bits per heavy atom. The zero-order valence-electron chi connectivity index (χ0n) is 9.22. The summed E-state index contributed by atoms with van der Waals surface area (Å²) in [6.45, 7) is 0.101. The van der Waals surface area contributed by atoms with Gasteiger partial charge in [0.1, 0.15) is 16.5 Å². The molecule has 1 aromatic heterocycles. The first-order valence-corrected chi connectivity index (χ1v) is 5.85. The summed E-state index contributed by atoms with van der Waals surface area (Å²) in [4.78, 5) is 15.6. The first kappa shape index (κ1) is 12.5. The lowest BCUT2D eigenvalue weighted by Crippen LogP contribution is -2.29. The monoisotopic (exact) mass is 267 g/mol. The summed E-state index contributed by atoms with van der Waals surface area (Å²) in [6.07, 6.45) is 1.40. The number of nitrogen functional groups attached to an aromatic ring is 1. The van der Waals surface area contributed by atoms with E-state index in [0.717, 1.165) is 11.3 Å². The van der Waals surface area contributed by atoms with Crippen LogP contribution in [0.2, 0.25) is 0 Å². The molecule has 0 saturated carbocycles. The van der Waals surface area contributed by atoms with Gasteiger partial charge in [0, 0.05) is 0 Å². The predicted molar refractivity (Wildman–Crippen MR) is 64.5 cm³/mol. The Morgan fingerprint density at radius 2 is 2.28 bits per heavy atom. The van der Waals surface area contributed by atoms with Gasteiger partial charge < -0.3 is 4.74 Å². The Balaban J connectivity index is 2.01. The predicted octanol–water partition coefficient (Wildman–Crippen LogP) is 1.46. The van der Waals surface area contributed by atoms with Crippen LogP contribution in [0.15, 0.2) is 30.5 Å². The van der Waals surface area contributed by atoms with Crippen LogP contribution in [0.3, 0.4) is 0 Å². The maximum absolute atomic E-state index is 13.3. The number of halogens is 1. The highest BCUT2D eigenvalue weighted by Crippen LogP contribution is 2.19. The second-order valence-corrected chi connectivity index (χ2v) is 4.43. The van der Waals surface area contributed by atoms with Crippen molar-refractivity contribution < 1.29 is 13.9 Å². The molecule has 18 heavy (non-hydrogen) atoms. The van der Waals surface area contributed by atoms with E-state index in [0.29, 0.717) is 9.88 Å². The summed E-state index contributed by atoms with van der Waals surface area (Å²) >= 11 is 1.14. The average Bonchev–Trinajstić information content (AvgIpc) is 2.86. The van der Waals surface area contributed by atoms with E-state index in [2.05, 4.69) is 4.98 Å². The van der Waals surface area contributed by atoms with E-state index < -0.39 is 11.7 Å². The van der Waals surface area contributed by atoms with Crippen LogP contribution in [-0.4, -0.2) is 10.9 Å². The van der Waals surface area contributed by atoms with Crippen molar-refractivity contribution in [3.05, 3.63) is 46.2 Å². The Labute approximate surface area is 106 Å². The first-order chi connectivity index (χ1) is 8.70. The highest BCUT2D eigenvalue weighted by Gasteiger charge is 2.10. The number of carbonyl (C=O) groups is 1. The van der Waals surface area contributed by atoms with E-state index in [1.165, 1.54) is 18.3 Å². The molecule has 1 amide bonds. The quantitative estimate of drug-likeness (QED) is 0.499. The number of aromatic nitrogens is 1. The maximum atomic E-state index is 13.3. The number of ether oxygens (including phenoxy) is 1. The van der Waals surface area contributed by atoms with Crippen molar-refractivity contribution in [2.45, 2.75) is 6.61 Å². The standard InChI is InChI=1S/C11H10FN3O2S/c12-7-3-1-2-4-8(7)17-6-10-14-5-9(18-10)11(16)15-13/h1-5H,6,13H2,(H,15,16). The van der Waals surface area contributed by atoms with E-state index in [9.17, 15) is 9.18 Å². The van der Waals surface area contributed by atoms with E-state index in [4.69, 9.17) is 10.6 Å². The Kier molecular flexibility index (Phi) is 3.85. The molecule has 3 N–H and O–H groups in total. The van der Waals surface area contributed by atoms with E-state index >= 15 is 0 Å². The zero-order valence-corrected chi connectivity index (χ0v) is 10.0. The molecule has 1 heterocycles. The van der Waals surface area contributed by atoms with E-state index in [1.54, 1.807) is 12.1 Å². The second kappa shape index (κ2) is 5.56. The van der Waals surface area contributed by atoms with Gasteiger partial charge in [-0.1, -0.05) is 12.1 Å². The van der Waals surface area contributed by atoms with E-state index in [-0.39, 0.29) is 12.4 Å². The van der Waals surface area contributed by atoms with Crippen LogP contribution in [-0.2, 0) is 6.61 Å². The second-order valence-electron chi connectivity index (χ2n) is 3.31. The summed E-state index contributed by atoms with van der Waals surface area (Å²) in [5, 5.41) is 0.567. The van der Waals surface area contributed by atoms with E-state index in [1.807, 2.05) is 5.43 Å². The number of thiazole rings is 1. The SMILES string of the molecule is NNC(=O)c1cnc(COc2ccccc2F)s1. The molecule has 0 fully saturated rings. The van der Waals surface area contributed by atoms with Crippen molar-refractivity contribution in [2.24, 2.45) is 5.84 Å². The minimum atomic E-state index is -0.436. The first-order valence-electron chi connectivity index (χ1n) is 5.03. The van der Waals surface area contributed by atoms with Crippen molar-refractivity contribution in [1.82, 2.24) is 10.4 Å². The fourth-order valence-corrected chi connectivity index (χ4v) is 1.99. The lowest BCUT2D eigenvalue weighted by molar-refractivity contribution is 0.0957. The molecule has 0 unspecified atom stereocenters. The lowest BCUT2D eigenvalue weighted by atomic mass is 10.3. The highest BCUT2D eigenvalue weighted by atomic mass is 32.1. The lowest BCUT2D eigenvalue weighted by Gasteiger charge is -2.04. The fraction of sp³-hybridized carbons (Fsp3) is 0.0909. The third-order valence-electron chi connectivity index (χ3n) is 2.10. The molecule has 7 heteroatoms. The summed E-state index contributed by atoms with van der Waals surface area (Å²) in [6, 6.07) is 6.09. The van der Waals surface area contributed by atoms with Crippen LogP contribution in [0.25, 0.3) is 0 Å². The molecule has 1 aromatic carbocycles. The molecule has 2 rings (SSSR count). The van der Waals surface area contributed by atoms with Gasteiger partial charge in [-0.3, -0.25) is 10.2 Å². The molecule has 0 atom stereocenters. The van der Waals surface area contributed by atoms with Crippen molar-refractivity contribution in [2.75, 3.05) is 0 Å². The van der Waals surface area contributed by atoms with Crippen molar-refractivity contribution >= 4 is 17.2 Å². The number of rotatable bonds is 4. The maximum Gasteiger partial charge on any atom is 0.276 e. The van der Waals surface area contributed by atoms with Crippen molar-refractivity contribution in [3.63, 3.8) is 0 Å². The van der Waals surface area contributed by atoms with Gasteiger partial charge in [-0.25, -0.2) is 15.2 Å². The highest BCUT2D eigenvalue weighted by molar-refractivity contribution is 7.13. The molecular formula is C11H10FN3O2S. The molecule has 0 aliphatic heterocycles. The smallest absolute Gasteiger partial charge is 0.276 e. The van der Waals surface area contributed by atoms with Gasteiger partial charge in [0.05, 0.1) is 6.20 Å². The molecule has 0 spiro atoms. The van der Waals surface area contributed by atoms with Crippen molar-refractivity contribution in [1.29, 1.82) is 0 Å². The molecule has 0 aliphatic rings. The molecule has 0 saturated heterocycles. The molecule has 2 aromatic rings. The summed E-state index contributed by atoms with van der Waals surface area (Å²) in [5.74, 6) is 4.30. The molecule has 5 nitrogen and oxygen atoms in total. The minimum absolute atomic E-state index is 0.101. The summed E-state index contributed by atoms with van der Waals surface area (Å²) in [5.41, 5.74) is 2.01. The molecule has 0 radical (unpaired) electrons. The number of amides is 1. The van der Waals surface area contributed by atoms with Crippen LogP contribution in [0.4, 0.5) is 4.39 Å². The van der Waals surface area contributed by atoms with Gasteiger partial charge >= 0.3 is 0 Å². The number of nitrogens with zero attached hydrogens (tertiary/aromatic N) is 1. The van der Waals surface area contributed by atoms with Crippen molar-refractivity contribution in [3.8, 4) is 5.75 Å². The van der Waals surface area contributed by atoms with Gasteiger partial charge in [0.2, 0.25) is 0 Å². The topological polar surface area (TPSA) is 77.2 Å². The van der Waals surface area contributed by atoms with Crippen LogP contribution in [0.5, 0.6) is 5.75 Å². The Morgan fingerprint density at radius 1 is 1.50 bits per heavy atom. The summed E-state index contributed by atoms with van der Waals surface area (Å²) in [7, 11) is 0. The molecule has 94 valence electrons.